The van der Waals surface area contributed by atoms with E-state index in [4.69, 9.17) is 21.4 Å². The van der Waals surface area contributed by atoms with E-state index in [0.717, 1.165) is 0 Å². The number of halogens is 2. The van der Waals surface area contributed by atoms with Crippen molar-refractivity contribution in [2.24, 2.45) is 0 Å². The van der Waals surface area contributed by atoms with E-state index in [-0.39, 0.29) is 25.3 Å². The van der Waals surface area contributed by atoms with E-state index in [1.807, 2.05) is 0 Å². The molecule has 7 heteroatoms. The highest BCUT2D eigenvalue weighted by Gasteiger charge is 2.46. The van der Waals surface area contributed by atoms with E-state index < -0.39 is 18.2 Å². The first-order chi connectivity index (χ1) is 9.85. The van der Waals surface area contributed by atoms with Gasteiger partial charge in [-0.05, 0) is 18.2 Å². The number of likely N-dealkylation sites (tertiary alicyclic amines) is 1. The van der Waals surface area contributed by atoms with Gasteiger partial charge in [0.1, 0.15) is 5.75 Å². The summed E-state index contributed by atoms with van der Waals surface area (Å²) in [6.07, 6.45) is -0.208. The Hall–Kier alpha value is -1.82. The maximum absolute atomic E-state index is 14.0. The molecule has 2 rings (SSSR count). The first-order valence-electron chi connectivity index (χ1n) is 6.38. The Morgan fingerprint density at radius 3 is 2.81 bits per heavy atom. The summed E-state index contributed by atoms with van der Waals surface area (Å²) in [4.78, 5) is 24.2. The molecule has 1 unspecified atom stereocenters. The minimum atomic E-state index is -2.35. The number of nitrogens with zero attached hydrogens (tertiary/aromatic N) is 1. The molecule has 1 atom stereocenters. The van der Waals surface area contributed by atoms with Gasteiger partial charge in [-0.15, -0.1) is 0 Å². The van der Waals surface area contributed by atoms with Crippen LogP contribution in [0, 0.1) is 0 Å². The van der Waals surface area contributed by atoms with Crippen molar-refractivity contribution in [3.8, 4) is 5.75 Å². The van der Waals surface area contributed by atoms with Crippen LogP contribution in [-0.2, 0) is 16.0 Å². The number of amides is 1. The smallest absolute Gasteiger partial charge is 0.343 e. The van der Waals surface area contributed by atoms with Gasteiger partial charge in [0.05, 0.1) is 20.1 Å². The lowest BCUT2D eigenvalue weighted by atomic mass is 10.1. The minimum Gasteiger partial charge on any atom is -0.496 e. The van der Waals surface area contributed by atoms with Crippen LogP contribution in [0.1, 0.15) is 12.0 Å². The number of carbonyl (C=O) groups is 2. The van der Waals surface area contributed by atoms with Crippen molar-refractivity contribution in [1.29, 1.82) is 0 Å². The molecule has 0 saturated carbocycles. The highest BCUT2D eigenvalue weighted by Crippen LogP contribution is 2.28. The molecule has 1 saturated heterocycles. The Morgan fingerprint density at radius 1 is 1.52 bits per heavy atom. The summed E-state index contributed by atoms with van der Waals surface area (Å²) < 4.78 is 19.1. The number of rotatable bonds is 4. The molecule has 5 nitrogen and oxygen atoms in total. The minimum absolute atomic E-state index is 0.0145. The molecule has 0 bridgehead atoms. The van der Waals surface area contributed by atoms with Gasteiger partial charge in [0.15, 0.2) is 0 Å². The Kier molecular flexibility index (Phi) is 4.37. The van der Waals surface area contributed by atoms with Gasteiger partial charge in [0.25, 0.3) is 0 Å². The van der Waals surface area contributed by atoms with Crippen LogP contribution in [0.2, 0.25) is 5.02 Å². The summed E-state index contributed by atoms with van der Waals surface area (Å²) in [5, 5.41) is 9.29. The van der Waals surface area contributed by atoms with E-state index in [1.165, 1.54) is 12.0 Å². The molecule has 1 aliphatic heterocycles. The topological polar surface area (TPSA) is 66.8 Å². The number of hydrogen-bond acceptors (Lipinski definition) is 3. The second kappa shape index (κ2) is 5.89. The van der Waals surface area contributed by atoms with Crippen LogP contribution >= 0.6 is 11.6 Å². The third-order valence-electron chi connectivity index (χ3n) is 3.54. The van der Waals surface area contributed by atoms with Gasteiger partial charge >= 0.3 is 5.97 Å². The lowest BCUT2D eigenvalue weighted by molar-refractivity contribution is -0.150. The van der Waals surface area contributed by atoms with Gasteiger partial charge in [0, 0.05) is 23.6 Å². The van der Waals surface area contributed by atoms with E-state index in [9.17, 15) is 14.0 Å². The first kappa shape index (κ1) is 15.6. The Morgan fingerprint density at radius 2 is 2.24 bits per heavy atom. The third kappa shape index (κ3) is 3.26. The van der Waals surface area contributed by atoms with Gasteiger partial charge in [-0.2, -0.15) is 0 Å². The lowest BCUT2D eigenvalue weighted by Gasteiger charge is -2.18. The average Bonchev–Trinajstić information content (AvgIpc) is 2.83. The molecule has 0 radical (unpaired) electrons. The van der Waals surface area contributed by atoms with E-state index in [1.54, 1.807) is 18.2 Å². The standard InChI is InChI=1S/C14H15ClFNO4/c1-21-11-3-2-10(15)6-9(11)7-12(18)17-5-4-14(16,8-17)13(19)20/h2-3,6H,4-5,7-8H2,1H3,(H,19,20). The third-order valence-corrected chi connectivity index (χ3v) is 3.77. The monoisotopic (exact) mass is 315 g/mol. The Labute approximate surface area is 126 Å². The fourth-order valence-corrected chi connectivity index (χ4v) is 2.51. The molecule has 0 aliphatic carbocycles. The largest absolute Gasteiger partial charge is 0.496 e. The molecule has 0 aromatic heterocycles. The molecule has 1 aromatic rings. The molecular weight excluding hydrogens is 301 g/mol. The SMILES string of the molecule is COc1ccc(Cl)cc1CC(=O)N1CCC(F)(C(=O)O)C1. The zero-order valence-corrected chi connectivity index (χ0v) is 12.2. The molecule has 21 heavy (non-hydrogen) atoms. The predicted octanol–water partition coefficient (Wildman–Crippen LogP) is 1.92. The maximum Gasteiger partial charge on any atom is 0.343 e. The number of carboxylic acids is 1. The van der Waals surface area contributed by atoms with Crippen molar-refractivity contribution in [3.63, 3.8) is 0 Å². The second-order valence-electron chi connectivity index (χ2n) is 4.97. The van der Waals surface area contributed by atoms with E-state index in [2.05, 4.69) is 0 Å². The van der Waals surface area contributed by atoms with Crippen molar-refractivity contribution in [3.05, 3.63) is 28.8 Å². The molecular formula is C14H15ClFNO4. The van der Waals surface area contributed by atoms with Crippen molar-refractivity contribution in [1.82, 2.24) is 4.90 Å². The van der Waals surface area contributed by atoms with Crippen molar-refractivity contribution in [2.75, 3.05) is 20.2 Å². The van der Waals surface area contributed by atoms with Gasteiger partial charge in [0.2, 0.25) is 11.6 Å². The van der Waals surface area contributed by atoms with Crippen LogP contribution in [0.4, 0.5) is 4.39 Å². The van der Waals surface area contributed by atoms with Crippen molar-refractivity contribution < 1.29 is 23.8 Å². The molecule has 1 aromatic carbocycles. The molecule has 1 fully saturated rings. The quantitative estimate of drug-likeness (QED) is 0.921. The van der Waals surface area contributed by atoms with E-state index >= 15 is 0 Å². The Bertz CT molecular complexity index is 580. The number of ether oxygens (including phenoxy) is 1. The number of aliphatic carboxylic acids is 1. The molecule has 1 heterocycles. The van der Waals surface area contributed by atoms with Gasteiger partial charge < -0.3 is 14.7 Å². The molecule has 1 aliphatic rings. The van der Waals surface area contributed by atoms with Crippen LogP contribution in [0.15, 0.2) is 18.2 Å². The first-order valence-corrected chi connectivity index (χ1v) is 6.76. The van der Waals surface area contributed by atoms with Gasteiger partial charge in [-0.3, -0.25) is 4.79 Å². The number of carbonyl (C=O) groups excluding carboxylic acids is 1. The number of benzene rings is 1. The number of alkyl halides is 1. The molecule has 1 amide bonds. The highest BCUT2D eigenvalue weighted by molar-refractivity contribution is 6.30. The van der Waals surface area contributed by atoms with Crippen LogP contribution in [0.3, 0.4) is 0 Å². The fourth-order valence-electron chi connectivity index (χ4n) is 2.32. The maximum atomic E-state index is 14.0. The number of methoxy groups -OCH3 is 1. The summed E-state index contributed by atoms with van der Waals surface area (Å²) in [6, 6.07) is 4.89. The summed E-state index contributed by atoms with van der Waals surface area (Å²) in [5.74, 6) is -1.37. The highest BCUT2D eigenvalue weighted by atomic mass is 35.5. The van der Waals surface area contributed by atoms with Crippen LogP contribution < -0.4 is 4.74 Å². The summed E-state index contributed by atoms with van der Waals surface area (Å²) in [5.41, 5.74) is -1.77. The Balaban J connectivity index is 2.10. The fraction of sp³-hybridized carbons (Fsp3) is 0.429. The zero-order chi connectivity index (χ0) is 15.6. The van der Waals surface area contributed by atoms with Crippen LogP contribution in [-0.4, -0.2) is 47.8 Å². The average molecular weight is 316 g/mol. The number of carboxylic acid groups (broad SMARTS) is 1. The summed E-state index contributed by atoms with van der Waals surface area (Å²) >= 11 is 5.89. The normalized spacial score (nSPS) is 21.4. The van der Waals surface area contributed by atoms with Gasteiger partial charge in [-0.25, -0.2) is 9.18 Å². The molecule has 114 valence electrons. The predicted molar refractivity (Wildman–Crippen MR) is 74.4 cm³/mol. The van der Waals surface area contributed by atoms with Crippen LogP contribution in [0.25, 0.3) is 0 Å². The van der Waals surface area contributed by atoms with Crippen molar-refractivity contribution >= 4 is 23.5 Å². The van der Waals surface area contributed by atoms with Gasteiger partial charge in [-0.1, -0.05) is 11.6 Å². The lowest BCUT2D eigenvalue weighted by Crippen LogP contribution is -2.39. The summed E-state index contributed by atoms with van der Waals surface area (Å²) in [6.45, 7) is -0.339. The van der Waals surface area contributed by atoms with Crippen LogP contribution in [0.5, 0.6) is 5.75 Å². The summed E-state index contributed by atoms with van der Waals surface area (Å²) in [7, 11) is 1.48. The zero-order valence-electron chi connectivity index (χ0n) is 11.4. The van der Waals surface area contributed by atoms with Crippen molar-refractivity contribution in [2.45, 2.75) is 18.5 Å². The molecule has 1 N–H and O–H groups in total. The number of hydrogen-bond donors (Lipinski definition) is 1. The second-order valence-corrected chi connectivity index (χ2v) is 5.41. The molecule has 0 spiro atoms. The van der Waals surface area contributed by atoms with E-state index in [0.29, 0.717) is 16.3 Å².